The van der Waals surface area contributed by atoms with E-state index in [1.807, 2.05) is 0 Å². The van der Waals surface area contributed by atoms with E-state index in [9.17, 15) is 8.78 Å². The van der Waals surface area contributed by atoms with Gasteiger partial charge in [0.15, 0.2) is 0 Å². The Bertz CT molecular complexity index is 339. The molecule has 4 heteroatoms. The Hall–Kier alpha value is -0.670. The number of hydrogen-bond donors (Lipinski definition) is 1. The fourth-order valence-electron chi connectivity index (χ4n) is 2.04. The van der Waals surface area contributed by atoms with Crippen LogP contribution in [-0.4, -0.2) is 13.1 Å². The first-order valence-electron chi connectivity index (χ1n) is 5.03. The van der Waals surface area contributed by atoms with Crippen LogP contribution in [0.1, 0.15) is 24.3 Å². The number of piperidine rings is 1. The summed E-state index contributed by atoms with van der Waals surface area (Å²) < 4.78 is 27.1. The molecule has 0 amide bonds. The number of halogens is 3. The molecule has 0 aliphatic carbocycles. The van der Waals surface area contributed by atoms with E-state index in [2.05, 4.69) is 5.32 Å². The van der Waals surface area contributed by atoms with Crippen molar-refractivity contribution in [2.75, 3.05) is 13.1 Å². The lowest BCUT2D eigenvalue weighted by Crippen LogP contribution is -2.29. The minimum Gasteiger partial charge on any atom is -0.316 e. The van der Waals surface area contributed by atoms with Gasteiger partial charge in [0, 0.05) is 23.0 Å². The summed E-state index contributed by atoms with van der Waals surface area (Å²) >= 11 is 5.57. The molecule has 1 atom stereocenters. The van der Waals surface area contributed by atoms with Gasteiger partial charge >= 0.3 is 0 Å². The molecule has 1 heterocycles. The van der Waals surface area contributed by atoms with Crippen molar-refractivity contribution in [2.24, 2.45) is 0 Å². The lowest BCUT2D eigenvalue weighted by atomic mass is 9.91. The van der Waals surface area contributed by atoms with Gasteiger partial charge in [-0.2, -0.15) is 0 Å². The standard InChI is InChI=1S/C11H12ClF2N/c12-8-4-9(13)11(10(14)5-8)7-2-1-3-15-6-7/h4-5,7,15H,1-3,6H2/t7-/m0/s1. The van der Waals surface area contributed by atoms with Crippen LogP contribution in [0.15, 0.2) is 12.1 Å². The third-order valence-corrected chi connectivity index (χ3v) is 2.97. The summed E-state index contributed by atoms with van der Waals surface area (Å²) in [4.78, 5) is 0. The Labute approximate surface area is 92.4 Å². The van der Waals surface area contributed by atoms with Gasteiger partial charge in [0.05, 0.1) is 0 Å². The number of rotatable bonds is 1. The predicted octanol–water partition coefficient (Wildman–Crippen LogP) is 3.09. The van der Waals surface area contributed by atoms with Crippen molar-refractivity contribution in [3.8, 4) is 0 Å². The van der Waals surface area contributed by atoms with Crippen LogP contribution in [0.25, 0.3) is 0 Å². The highest BCUT2D eigenvalue weighted by molar-refractivity contribution is 6.30. The SMILES string of the molecule is Fc1cc(Cl)cc(F)c1[C@H]1CCCNC1. The Morgan fingerprint density at radius 3 is 2.47 bits per heavy atom. The molecule has 1 aromatic carbocycles. The van der Waals surface area contributed by atoms with Crippen LogP contribution in [0.4, 0.5) is 8.78 Å². The van der Waals surface area contributed by atoms with Gasteiger partial charge in [-0.25, -0.2) is 8.78 Å². The molecule has 2 rings (SSSR count). The van der Waals surface area contributed by atoms with Gasteiger partial charge in [-0.1, -0.05) is 11.6 Å². The Morgan fingerprint density at radius 1 is 1.27 bits per heavy atom. The summed E-state index contributed by atoms with van der Waals surface area (Å²) in [6.07, 6.45) is 1.77. The zero-order valence-electron chi connectivity index (χ0n) is 8.19. The minimum atomic E-state index is -0.534. The lowest BCUT2D eigenvalue weighted by Gasteiger charge is -2.23. The van der Waals surface area contributed by atoms with Crippen molar-refractivity contribution in [2.45, 2.75) is 18.8 Å². The summed E-state index contributed by atoms with van der Waals surface area (Å²) in [5.41, 5.74) is 0.173. The maximum atomic E-state index is 13.5. The van der Waals surface area contributed by atoms with E-state index in [0.717, 1.165) is 19.4 Å². The fraction of sp³-hybridized carbons (Fsp3) is 0.455. The average Bonchev–Trinajstić information content (AvgIpc) is 2.17. The van der Waals surface area contributed by atoms with Crippen LogP contribution in [0, 0.1) is 11.6 Å². The van der Waals surface area contributed by atoms with E-state index in [1.165, 1.54) is 12.1 Å². The highest BCUT2D eigenvalue weighted by atomic mass is 35.5. The molecule has 1 N–H and O–H groups in total. The fourth-order valence-corrected chi connectivity index (χ4v) is 2.23. The van der Waals surface area contributed by atoms with E-state index in [4.69, 9.17) is 11.6 Å². The summed E-state index contributed by atoms with van der Waals surface area (Å²) in [7, 11) is 0. The molecule has 1 saturated heterocycles. The molecule has 15 heavy (non-hydrogen) atoms. The molecule has 1 aliphatic heterocycles. The quantitative estimate of drug-likeness (QED) is 0.783. The van der Waals surface area contributed by atoms with Crippen LogP contribution >= 0.6 is 11.6 Å². The van der Waals surface area contributed by atoms with E-state index in [-0.39, 0.29) is 16.5 Å². The van der Waals surface area contributed by atoms with E-state index in [1.54, 1.807) is 0 Å². The summed E-state index contributed by atoms with van der Waals surface area (Å²) in [5, 5.41) is 3.24. The first kappa shape index (κ1) is 10.8. The first-order chi connectivity index (χ1) is 7.18. The third-order valence-electron chi connectivity index (χ3n) is 2.75. The van der Waals surface area contributed by atoms with Gasteiger partial charge in [0.25, 0.3) is 0 Å². The molecule has 1 nitrogen and oxygen atoms in total. The average molecular weight is 232 g/mol. The largest absolute Gasteiger partial charge is 0.316 e. The van der Waals surface area contributed by atoms with E-state index in [0.29, 0.717) is 6.54 Å². The predicted molar refractivity (Wildman–Crippen MR) is 56.2 cm³/mol. The van der Waals surface area contributed by atoms with Crippen molar-refractivity contribution in [3.63, 3.8) is 0 Å². The normalized spacial score (nSPS) is 21.7. The molecule has 0 spiro atoms. The number of benzene rings is 1. The molecule has 0 aromatic heterocycles. The molecule has 0 radical (unpaired) electrons. The smallest absolute Gasteiger partial charge is 0.131 e. The van der Waals surface area contributed by atoms with Crippen LogP contribution in [0.2, 0.25) is 5.02 Å². The second-order valence-corrected chi connectivity index (χ2v) is 4.26. The maximum absolute atomic E-state index is 13.5. The third kappa shape index (κ3) is 2.29. The van der Waals surface area contributed by atoms with Gasteiger partial charge in [-0.05, 0) is 31.5 Å². The highest BCUT2D eigenvalue weighted by Crippen LogP contribution is 2.29. The summed E-state index contributed by atoms with van der Waals surface area (Å²) in [5.74, 6) is -1.14. The monoisotopic (exact) mass is 231 g/mol. The molecule has 1 fully saturated rings. The van der Waals surface area contributed by atoms with Gasteiger partial charge in [-0.3, -0.25) is 0 Å². The molecule has 0 bridgehead atoms. The number of nitrogens with one attached hydrogen (secondary N) is 1. The van der Waals surface area contributed by atoms with Crippen molar-refractivity contribution in [1.82, 2.24) is 5.32 Å². The van der Waals surface area contributed by atoms with E-state index < -0.39 is 11.6 Å². The molecule has 1 aliphatic rings. The number of hydrogen-bond acceptors (Lipinski definition) is 1. The molecular formula is C11H12ClF2N. The topological polar surface area (TPSA) is 12.0 Å². The van der Waals surface area contributed by atoms with Crippen molar-refractivity contribution in [3.05, 3.63) is 34.4 Å². The molecule has 1 aromatic rings. The van der Waals surface area contributed by atoms with Crippen molar-refractivity contribution < 1.29 is 8.78 Å². The maximum Gasteiger partial charge on any atom is 0.131 e. The van der Waals surface area contributed by atoms with Crippen LogP contribution in [0.3, 0.4) is 0 Å². The lowest BCUT2D eigenvalue weighted by molar-refractivity contribution is 0.428. The molecular weight excluding hydrogens is 220 g/mol. The van der Waals surface area contributed by atoms with Gasteiger partial charge < -0.3 is 5.32 Å². The first-order valence-corrected chi connectivity index (χ1v) is 5.41. The van der Waals surface area contributed by atoms with Gasteiger partial charge in [-0.15, -0.1) is 0 Å². The highest BCUT2D eigenvalue weighted by Gasteiger charge is 2.22. The second kappa shape index (κ2) is 4.45. The van der Waals surface area contributed by atoms with Crippen LogP contribution < -0.4 is 5.32 Å². The zero-order valence-corrected chi connectivity index (χ0v) is 8.95. The van der Waals surface area contributed by atoms with Crippen molar-refractivity contribution >= 4 is 11.6 Å². The summed E-state index contributed by atoms with van der Waals surface area (Å²) in [6, 6.07) is 2.35. The Kier molecular flexibility index (Phi) is 3.22. The molecule has 0 saturated carbocycles. The summed E-state index contributed by atoms with van der Waals surface area (Å²) in [6.45, 7) is 1.56. The van der Waals surface area contributed by atoms with Gasteiger partial charge in [0.1, 0.15) is 11.6 Å². The van der Waals surface area contributed by atoms with Crippen molar-refractivity contribution in [1.29, 1.82) is 0 Å². The van der Waals surface area contributed by atoms with Crippen LogP contribution in [-0.2, 0) is 0 Å². The molecule has 82 valence electrons. The minimum absolute atomic E-state index is 0.0731. The van der Waals surface area contributed by atoms with E-state index >= 15 is 0 Å². The Morgan fingerprint density at radius 2 is 1.93 bits per heavy atom. The Balaban J connectivity index is 2.33. The molecule has 0 unspecified atom stereocenters. The zero-order chi connectivity index (χ0) is 10.8. The van der Waals surface area contributed by atoms with Gasteiger partial charge in [0.2, 0.25) is 0 Å². The second-order valence-electron chi connectivity index (χ2n) is 3.83. The van der Waals surface area contributed by atoms with Crippen LogP contribution in [0.5, 0.6) is 0 Å².